The van der Waals surface area contributed by atoms with E-state index in [1.165, 1.54) is 30.6 Å². The summed E-state index contributed by atoms with van der Waals surface area (Å²) in [6.45, 7) is 5.69. The van der Waals surface area contributed by atoms with E-state index >= 15 is 0 Å². The van der Waals surface area contributed by atoms with E-state index in [2.05, 4.69) is 42.2 Å². The molecule has 0 radical (unpaired) electrons. The van der Waals surface area contributed by atoms with Crippen molar-refractivity contribution in [3.8, 4) is 0 Å². The minimum absolute atomic E-state index is 0.332. The van der Waals surface area contributed by atoms with E-state index in [0.29, 0.717) is 10.8 Å². The number of hydrogen-bond donors (Lipinski definition) is 1. The van der Waals surface area contributed by atoms with E-state index in [1.807, 2.05) is 17.9 Å². The van der Waals surface area contributed by atoms with Crippen LogP contribution in [0.25, 0.3) is 0 Å². The highest BCUT2D eigenvalue weighted by Crippen LogP contribution is 2.46. The lowest BCUT2D eigenvalue weighted by atomic mass is 9.92. The number of aromatic nitrogens is 2. The summed E-state index contributed by atoms with van der Waals surface area (Å²) < 4.78 is 2.23. The molecule has 1 fully saturated rings. The molecule has 2 heterocycles. The molecular weight excluding hydrogens is 230 g/mol. The molecule has 2 atom stereocenters. The highest BCUT2D eigenvalue weighted by molar-refractivity contribution is 8.00. The minimum atomic E-state index is 0.332. The first-order chi connectivity index (χ1) is 8.15. The summed E-state index contributed by atoms with van der Waals surface area (Å²) in [5.41, 5.74) is 1.33. The van der Waals surface area contributed by atoms with Crippen LogP contribution in [0.4, 0.5) is 0 Å². The monoisotopic (exact) mass is 253 g/mol. The molecule has 0 aromatic carbocycles. The maximum absolute atomic E-state index is 4.32. The number of nitrogens with one attached hydrogen (secondary N) is 1. The molecule has 3 nitrogen and oxygen atoms in total. The van der Waals surface area contributed by atoms with Crippen LogP contribution in [0.1, 0.15) is 44.7 Å². The number of hydrogen-bond acceptors (Lipinski definition) is 3. The van der Waals surface area contributed by atoms with E-state index in [0.717, 1.165) is 6.54 Å². The van der Waals surface area contributed by atoms with Crippen LogP contribution in [0, 0.1) is 0 Å². The van der Waals surface area contributed by atoms with Gasteiger partial charge in [0, 0.05) is 29.6 Å². The zero-order valence-corrected chi connectivity index (χ0v) is 11.9. The van der Waals surface area contributed by atoms with Crippen molar-refractivity contribution >= 4 is 11.8 Å². The van der Waals surface area contributed by atoms with Gasteiger partial charge in [-0.2, -0.15) is 16.9 Å². The Bertz CT molecular complexity index is 355. The van der Waals surface area contributed by atoms with E-state index < -0.39 is 0 Å². The van der Waals surface area contributed by atoms with Crippen molar-refractivity contribution in [2.24, 2.45) is 7.05 Å². The van der Waals surface area contributed by atoms with Gasteiger partial charge in [-0.1, -0.05) is 6.92 Å². The minimum Gasteiger partial charge on any atom is -0.309 e. The molecule has 2 unspecified atom stereocenters. The SMILES string of the molecule is CCCNC(c1cnn(C)c1)C1(C)CCCS1. The molecule has 2 rings (SSSR count). The quantitative estimate of drug-likeness (QED) is 0.875. The largest absolute Gasteiger partial charge is 0.309 e. The molecule has 1 saturated heterocycles. The lowest BCUT2D eigenvalue weighted by Gasteiger charge is -2.33. The van der Waals surface area contributed by atoms with E-state index in [9.17, 15) is 0 Å². The van der Waals surface area contributed by atoms with Gasteiger partial charge in [-0.05, 0) is 38.5 Å². The topological polar surface area (TPSA) is 29.9 Å². The van der Waals surface area contributed by atoms with Gasteiger partial charge in [-0.15, -0.1) is 0 Å². The van der Waals surface area contributed by atoms with Gasteiger partial charge in [0.25, 0.3) is 0 Å². The lowest BCUT2D eigenvalue weighted by molar-refractivity contribution is 0.413. The predicted molar refractivity (Wildman–Crippen MR) is 74.3 cm³/mol. The summed E-state index contributed by atoms with van der Waals surface area (Å²) in [6, 6.07) is 0.434. The number of thioether (sulfide) groups is 1. The molecular formula is C13H23N3S. The first kappa shape index (κ1) is 13.0. The van der Waals surface area contributed by atoms with E-state index in [1.54, 1.807) is 0 Å². The Hall–Kier alpha value is -0.480. The molecule has 0 spiro atoms. The van der Waals surface area contributed by atoms with Crippen molar-refractivity contribution in [3.05, 3.63) is 18.0 Å². The normalized spacial score (nSPS) is 26.3. The van der Waals surface area contributed by atoms with E-state index in [4.69, 9.17) is 0 Å². The average molecular weight is 253 g/mol. The fraction of sp³-hybridized carbons (Fsp3) is 0.769. The number of nitrogens with zero attached hydrogens (tertiary/aromatic N) is 2. The number of rotatable bonds is 5. The second kappa shape index (κ2) is 5.44. The molecule has 1 N–H and O–H groups in total. The van der Waals surface area contributed by atoms with Crippen LogP contribution in [0.3, 0.4) is 0 Å². The van der Waals surface area contributed by atoms with Crippen molar-refractivity contribution in [1.29, 1.82) is 0 Å². The Morgan fingerprint density at radius 3 is 3.00 bits per heavy atom. The number of aryl methyl sites for hydroxylation is 1. The van der Waals surface area contributed by atoms with Gasteiger partial charge in [0.1, 0.15) is 0 Å². The van der Waals surface area contributed by atoms with Crippen LogP contribution >= 0.6 is 11.8 Å². The van der Waals surface area contributed by atoms with Crippen molar-refractivity contribution in [2.45, 2.75) is 43.9 Å². The fourth-order valence-corrected chi connectivity index (χ4v) is 4.02. The molecule has 0 bridgehead atoms. The Balaban J connectivity index is 2.18. The second-order valence-corrected chi connectivity index (χ2v) is 6.73. The molecule has 96 valence electrons. The summed E-state index contributed by atoms with van der Waals surface area (Å²) in [5, 5.41) is 8.02. The highest BCUT2D eigenvalue weighted by Gasteiger charge is 2.38. The molecule has 1 aliphatic rings. The third-order valence-electron chi connectivity index (χ3n) is 3.52. The lowest BCUT2D eigenvalue weighted by Crippen LogP contribution is -2.37. The van der Waals surface area contributed by atoms with Crippen LogP contribution in [0.15, 0.2) is 12.4 Å². The summed E-state index contributed by atoms with van der Waals surface area (Å²) >= 11 is 2.11. The van der Waals surface area contributed by atoms with Gasteiger partial charge in [-0.3, -0.25) is 4.68 Å². The third kappa shape index (κ3) is 2.86. The maximum Gasteiger partial charge on any atom is 0.0538 e. The molecule has 4 heteroatoms. The van der Waals surface area contributed by atoms with Crippen LogP contribution in [-0.4, -0.2) is 26.8 Å². The van der Waals surface area contributed by atoms with Crippen LogP contribution in [-0.2, 0) is 7.05 Å². The van der Waals surface area contributed by atoms with E-state index in [-0.39, 0.29) is 0 Å². The highest BCUT2D eigenvalue weighted by atomic mass is 32.2. The van der Waals surface area contributed by atoms with Gasteiger partial charge in [-0.25, -0.2) is 0 Å². The van der Waals surface area contributed by atoms with Crippen molar-refractivity contribution in [3.63, 3.8) is 0 Å². The van der Waals surface area contributed by atoms with Crippen LogP contribution < -0.4 is 5.32 Å². The van der Waals surface area contributed by atoms with Crippen LogP contribution in [0.2, 0.25) is 0 Å². The molecule has 0 saturated carbocycles. The Labute approximate surface area is 108 Å². The summed E-state index contributed by atoms with van der Waals surface area (Å²) in [5.74, 6) is 1.29. The maximum atomic E-state index is 4.32. The van der Waals surface area contributed by atoms with Crippen molar-refractivity contribution < 1.29 is 0 Å². The summed E-state index contributed by atoms with van der Waals surface area (Å²) in [6.07, 6.45) is 7.98. The second-order valence-electron chi connectivity index (χ2n) is 5.10. The van der Waals surface area contributed by atoms with Crippen molar-refractivity contribution in [2.75, 3.05) is 12.3 Å². The van der Waals surface area contributed by atoms with Gasteiger partial charge < -0.3 is 5.32 Å². The average Bonchev–Trinajstić information content (AvgIpc) is 2.89. The first-order valence-electron chi connectivity index (χ1n) is 6.51. The smallest absolute Gasteiger partial charge is 0.0538 e. The molecule has 0 amide bonds. The molecule has 1 aromatic heterocycles. The van der Waals surface area contributed by atoms with Gasteiger partial charge in [0.2, 0.25) is 0 Å². The van der Waals surface area contributed by atoms with Gasteiger partial charge in [0.05, 0.1) is 6.20 Å². The molecule has 1 aliphatic heterocycles. The zero-order valence-electron chi connectivity index (χ0n) is 11.1. The molecule has 17 heavy (non-hydrogen) atoms. The Kier molecular flexibility index (Phi) is 4.15. The molecule has 0 aliphatic carbocycles. The van der Waals surface area contributed by atoms with Crippen LogP contribution in [0.5, 0.6) is 0 Å². The summed E-state index contributed by atoms with van der Waals surface area (Å²) in [7, 11) is 1.99. The molecule has 1 aromatic rings. The van der Waals surface area contributed by atoms with Crippen molar-refractivity contribution in [1.82, 2.24) is 15.1 Å². The predicted octanol–water partition coefficient (Wildman–Crippen LogP) is 2.75. The Morgan fingerprint density at radius 1 is 1.65 bits per heavy atom. The fourth-order valence-electron chi connectivity index (χ4n) is 2.59. The zero-order chi connectivity index (χ0) is 12.3. The Morgan fingerprint density at radius 2 is 2.47 bits per heavy atom. The standard InChI is InChI=1S/C13H23N3S/c1-4-7-14-12(11-9-15-16(3)10-11)13(2)6-5-8-17-13/h9-10,12,14H,4-8H2,1-3H3. The van der Waals surface area contributed by atoms with Gasteiger partial charge in [0.15, 0.2) is 0 Å². The first-order valence-corrected chi connectivity index (χ1v) is 7.50. The third-order valence-corrected chi connectivity index (χ3v) is 5.11. The van der Waals surface area contributed by atoms with Gasteiger partial charge >= 0.3 is 0 Å². The summed E-state index contributed by atoms with van der Waals surface area (Å²) in [4.78, 5) is 0.